The van der Waals surface area contributed by atoms with Crippen molar-refractivity contribution in [3.63, 3.8) is 0 Å². The Bertz CT molecular complexity index is 427. The van der Waals surface area contributed by atoms with Gasteiger partial charge in [-0.15, -0.1) is 0 Å². The lowest BCUT2D eigenvalue weighted by atomic mass is 10.1. The fourth-order valence-electron chi connectivity index (χ4n) is 1.45. The van der Waals surface area contributed by atoms with E-state index in [9.17, 15) is 4.39 Å². The van der Waals surface area contributed by atoms with Crippen LogP contribution in [0.25, 0.3) is 0 Å². The SMILES string of the molecule is CC(C)(C)NC(N)=NCCSCc1ccccc1F. The first-order valence-corrected chi connectivity index (χ1v) is 7.43. The van der Waals surface area contributed by atoms with Crippen LogP contribution in [0.5, 0.6) is 0 Å². The van der Waals surface area contributed by atoms with Crippen molar-refractivity contribution in [3.05, 3.63) is 35.6 Å². The minimum absolute atomic E-state index is 0.0755. The fraction of sp³-hybridized carbons (Fsp3) is 0.500. The molecule has 0 bridgehead atoms. The van der Waals surface area contributed by atoms with Crippen LogP contribution in [0.2, 0.25) is 0 Å². The van der Waals surface area contributed by atoms with Crippen LogP contribution in [0.1, 0.15) is 26.3 Å². The van der Waals surface area contributed by atoms with Crippen molar-refractivity contribution < 1.29 is 4.39 Å². The smallest absolute Gasteiger partial charge is 0.189 e. The third kappa shape index (κ3) is 7.06. The number of nitrogens with two attached hydrogens (primary N) is 1. The molecule has 106 valence electrons. The molecule has 0 heterocycles. The van der Waals surface area contributed by atoms with Gasteiger partial charge in [0.15, 0.2) is 5.96 Å². The van der Waals surface area contributed by atoms with Gasteiger partial charge in [-0.2, -0.15) is 11.8 Å². The van der Waals surface area contributed by atoms with Gasteiger partial charge in [0.2, 0.25) is 0 Å². The zero-order valence-corrected chi connectivity index (χ0v) is 12.6. The number of nitrogens with one attached hydrogen (secondary N) is 1. The molecule has 3 nitrogen and oxygen atoms in total. The summed E-state index contributed by atoms with van der Waals surface area (Å²) in [4.78, 5) is 4.23. The highest BCUT2D eigenvalue weighted by Gasteiger charge is 2.09. The van der Waals surface area contributed by atoms with Gasteiger partial charge in [-0.25, -0.2) is 4.39 Å². The molecule has 0 spiro atoms. The first-order valence-electron chi connectivity index (χ1n) is 6.28. The second kappa shape index (κ2) is 7.38. The Hall–Kier alpha value is -1.23. The van der Waals surface area contributed by atoms with Gasteiger partial charge in [0, 0.05) is 17.0 Å². The highest BCUT2D eigenvalue weighted by Crippen LogP contribution is 2.14. The molecule has 3 N–H and O–H groups in total. The summed E-state index contributed by atoms with van der Waals surface area (Å²) in [5.41, 5.74) is 6.41. The molecular weight excluding hydrogens is 261 g/mol. The van der Waals surface area contributed by atoms with Crippen LogP contribution in [-0.2, 0) is 5.75 Å². The van der Waals surface area contributed by atoms with E-state index in [4.69, 9.17) is 5.73 Å². The maximum Gasteiger partial charge on any atom is 0.189 e. The number of thioether (sulfide) groups is 1. The minimum atomic E-state index is -0.146. The van der Waals surface area contributed by atoms with Crippen LogP contribution < -0.4 is 11.1 Å². The maximum absolute atomic E-state index is 13.3. The van der Waals surface area contributed by atoms with Gasteiger partial charge in [-0.05, 0) is 32.4 Å². The van der Waals surface area contributed by atoms with Crippen molar-refractivity contribution in [2.45, 2.75) is 32.1 Å². The van der Waals surface area contributed by atoms with E-state index in [2.05, 4.69) is 10.3 Å². The van der Waals surface area contributed by atoms with E-state index in [-0.39, 0.29) is 11.4 Å². The van der Waals surface area contributed by atoms with Crippen molar-refractivity contribution in [2.75, 3.05) is 12.3 Å². The number of aliphatic imine (C=N–C) groups is 1. The van der Waals surface area contributed by atoms with Crippen LogP contribution >= 0.6 is 11.8 Å². The molecule has 0 aliphatic rings. The van der Waals surface area contributed by atoms with Crippen LogP contribution in [0.3, 0.4) is 0 Å². The number of guanidine groups is 1. The number of hydrogen-bond acceptors (Lipinski definition) is 2. The third-order valence-corrected chi connectivity index (χ3v) is 3.22. The Kier molecular flexibility index (Phi) is 6.15. The monoisotopic (exact) mass is 283 g/mol. The predicted molar refractivity (Wildman–Crippen MR) is 81.9 cm³/mol. The Morgan fingerprint density at radius 3 is 2.68 bits per heavy atom. The molecule has 0 saturated heterocycles. The number of hydrogen-bond donors (Lipinski definition) is 2. The summed E-state index contributed by atoms with van der Waals surface area (Å²) in [5.74, 6) is 1.79. The van der Waals surface area contributed by atoms with Gasteiger partial charge in [-0.3, -0.25) is 4.99 Å². The number of halogens is 1. The van der Waals surface area contributed by atoms with Crippen molar-refractivity contribution in [3.8, 4) is 0 Å². The van der Waals surface area contributed by atoms with E-state index >= 15 is 0 Å². The molecular formula is C14H22FN3S. The van der Waals surface area contributed by atoms with E-state index in [1.54, 1.807) is 23.9 Å². The molecule has 0 fully saturated rings. The Labute approximate surface area is 118 Å². The van der Waals surface area contributed by atoms with E-state index in [1.807, 2.05) is 26.8 Å². The van der Waals surface area contributed by atoms with Crippen molar-refractivity contribution >= 4 is 17.7 Å². The molecule has 0 aliphatic heterocycles. The molecule has 0 unspecified atom stereocenters. The largest absolute Gasteiger partial charge is 0.370 e. The van der Waals surface area contributed by atoms with Gasteiger partial charge in [-0.1, -0.05) is 18.2 Å². The first-order chi connectivity index (χ1) is 8.88. The molecule has 0 amide bonds. The average molecular weight is 283 g/mol. The Morgan fingerprint density at radius 2 is 2.05 bits per heavy atom. The van der Waals surface area contributed by atoms with Gasteiger partial charge in [0.05, 0.1) is 6.54 Å². The second-order valence-corrected chi connectivity index (χ2v) is 6.39. The standard InChI is InChI=1S/C14H22FN3S/c1-14(2,3)18-13(16)17-8-9-19-10-11-6-4-5-7-12(11)15/h4-7H,8-10H2,1-3H3,(H3,16,17,18). The Balaban J connectivity index is 2.25. The molecule has 1 aromatic rings. The van der Waals surface area contributed by atoms with Crippen LogP contribution in [0.15, 0.2) is 29.3 Å². The summed E-state index contributed by atoms with van der Waals surface area (Å²) in [6, 6.07) is 6.84. The molecule has 19 heavy (non-hydrogen) atoms. The fourth-order valence-corrected chi connectivity index (χ4v) is 2.27. The zero-order chi connectivity index (χ0) is 14.3. The van der Waals surface area contributed by atoms with Crippen molar-refractivity contribution in [1.82, 2.24) is 5.32 Å². The van der Waals surface area contributed by atoms with Crippen LogP contribution in [-0.4, -0.2) is 23.8 Å². The number of rotatable bonds is 5. The third-order valence-electron chi connectivity index (χ3n) is 2.24. The normalized spacial score (nSPS) is 12.5. The van der Waals surface area contributed by atoms with Crippen molar-refractivity contribution in [1.29, 1.82) is 0 Å². The molecule has 0 aliphatic carbocycles. The molecule has 0 saturated carbocycles. The number of benzene rings is 1. The quantitative estimate of drug-likeness (QED) is 0.496. The van der Waals surface area contributed by atoms with E-state index < -0.39 is 0 Å². The van der Waals surface area contributed by atoms with Gasteiger partial charge in [0.25, 0.3) is 0 Å². The van der Waals surface area contributed by atoms with E-state index in [1.165, 1.54) is 6.07 Å². The Morgan fingerprint density at radius 1 is 1.37 bits per heavy atom. The summed E-state index contributed by atoms with van der Waals surface area (Å²) in [6.07, 6.45) is 0. The summed E-state index contributed by atoms with van der Waals surface area (Å²) >= 11 is 1.65. The molecule has 0 aromatic heterocycles. The van der Waals surface area contributed by atoms with Crippen LogP contribution in [0.4, 0.5) is 4.39 Å². The highest BCUT2D eigenvalue weighted by atomic mass is 32.2. The highest BCUT2D eigenvalue weighted by molar-refractivity contribution is 7.98. The van der Waals surface area contributed by atoms with E-state index in [0.717, 1.165) is 11.3 Å². The van der Waals surface area contributed by atoms with Crippen molar-refractivity contribution in [2.24, 2.45) is 10.7 Å². The van der Waals surface area contributed by atoms with Gasteiger partial charge < -0.3 is 11.1 Å². The molecule has 5 heteroatoms. The molecule has 1 rings (SSSR count). The lowest BCUT2D eigenvalue weighted by Gasteiger charge is -2.20. The summed E-state index contributed by atoms with van der Waals surface area (Å²) in [5, 5.41) is 3.10. The van der Waals surface area contributed by atoms with Gasteiger partial charge >= 0.3 is 0 Å². The first kappa shape index (κ1) is 15.8. The second-order valence-electron chi connectivity index (χ2n) is 5.29. The topological polar surface area (TPSA) is 50.4 Å². The average Bonchev–Trinajstić information content (AvgIpc) is 2.28. The molecule has 0 atom stereocenters. The zero-order valence-electron chi connectivity index (χ0n) is 11.7. The summed E-state index contributed by atoms with van der Waals surface area (Å²) < 4.78 is 13.3. The predicted octanol–water partition coefficient (Wildman–Crippen LogP) is 2.76. The summed E-state index contributed by atoms with van der Waals surface area (Å²) in [7, 11) is 0. The molecule has 1 aromatic carbocycles. The minimum Gasteiger partial charge on any atom is -0.370 e. The van der Waals surface area contributed by atoms with Gasteiger partial charge in [0.1, 0.15) is 5.82 Å². The summed E-state index contributed by atoms with van der Waals surface area (Å²) in [6.45, 7) is 6.72. The lowest BCUT2D eigenvalue weighted by Crippen LogP contribution is -2.45. The molecule has 0 radical (unpaired) electrons. The maximum atomic E-state index is 13.3. The van der Waals surface area contributed by atoms with E-state index in [0.29, 0.717) is 18.3 Å². The van der Waals surface area contributed by atoms with Crippen LogP contribution in [0, 0.1) is 5.82 Å². The lowest BCUT2D eigenvalue weighted by molar-refractivity contribution is 0.508. The number of nitrogens with zero attached hydrogens (tertiary/aromatic N) is 1.